The van der Waals surface area contributed by atoms with Gasteiger partial charge in [-0.2, -0.15) is 0 Å². The lowest BCUT2D eigenvalue weighted by Crippen LogP contribution is -2.28. The number of carbonyl (C=O) groups is 1. The van der Waals surface area contributed by atoms with Crippen LogP contribution in [0.3, 0.4) is 0 Å². The number of amides is 1. The molecule has 3 aromatic rings. The minimum Gasteiger partial charge on any atom is -0.356 e. The van der Waals surface area contributed by atoms with Crippen molar-refractivity contribution in [1.82, 2.24) is 24.8 Å². The summed E-state index contributed by atoms with van der Waals surface area (Å²) >= 11 is 0. The molecule has 136 valence electrons. The number of hydrogen-bond donors (Lipinski definition) is 2. The van der Waals surface area contributed by atoms with Crippen molar-refractivity contribution in [2.24, 2.45) is 0 Å². The third kappa shape index (κ3) is 4.36. The smallest absolute Gasteiger partial charge is 0.222 e. The monoisotopic (exact) mass is 352 g/mol. The van der Waals surface area contributed by atoms with Crippen LogP contribution in [0.5, 0.6) is 0 Å². The molecule has 0 radical (unpaired) electrons. The van der Waals surface area contributed by atoms with E-state index in [0.29, 0.717) is 37.9 Å². The van der Waals surface area contributed by atoms with Crippen molar-refractivity contribution < 1.29 is 4.79 Å². The summed E-state index contributed by atoms with van der Waals surface area (Å²) in [5.41, 5.74) is 2.13. The van der Waals surface area contributed by atoms with Gasteiger partial charge in [-0.25, -0.2) is 15.0 Å². The van der Waals surface area contributed by atoms with E-state index in [-0.39, 0.29) is 5.91 Å². The molecule has 0 unspecified atom stereocenters. The van der Waals surface area contributed by atoms with Crippen LogP contribution in [-0.2, 0) is 11.2 Å². The van der Waals surface area contributed by atoms with E-state index in [1.807, 2.05) is 18.2 Å². The zero-order valence-electron chi connectivity index (χ0n) is 15.1. The predicted molar refractivity (Wildman–Crippen MR) is 102 cm³/mol. The summed E-state index contributed by atoms with van der Waals surface area (Å²) in [7, 11) is 0. The summed E-state index contributed by atoms with van der Waals surface area (Å²) in [6.07, 6.45) is 4.40. The number of imidazole rings is 1. The highest BCUT2D eigenvalue weighted by molar-refractivity contribution is 5.77. The highest BCUT2D eigenvalue weighted by Crippen LogP contribution is 2.20. The first-order valence-electron chi connectivity index (χ1n) is 8.88. The van der Waals surface area contributed by atoms with Gasteiger partial charge < -0.3 is 15.2 Å². The number of benzene rings is 1. The second-order valence-electron chi connectivity index (χ2n) is 6.33. The lowest BCUT2D eigenvalue weighted by atomic mass is 10.3. The van der Waals surface area contributed by atoms with Crippen molar-refractivity contribution in [2.45, 2.75) is 32.7 Å². The van der Waals surface area contributed by atoms with E-state index in [0.717, 1.165) is 16.9 Å². The van der Waals surface area contributed by atoms with Crippen LogP contribution < -0.4 is 10.6 Å². The molecule has 2 heterocycles. The van der Waals surface area contributed by atoms with Crippen molar-refractivity contribution >= 4 is 22.9 Å². The van der Waals surface area contributed by atoms with Gasteiger partial charge in [-0.15, -0.1) is 0 Å². The molecule has 7 nitrogen and oxygen atoms in total. The van der Waals surface area contributed by atoms with Gasteiger partial charge in [0.15, 0.2) is 0 Å². The van der Waals surface area contributed by atoms with E-state index in [2.05, 4.69) is 45.1 Å². The van der Waals surface area contributed by atoms with Crippen LogP contribution in [0.25, 0.3) is 11.0 Å². The molecule has 0 atom stereocenters. The molecule has 0 aliphatic carbocycles. The maximum Gasteiger partial charge on any atom is 0.222 e. The molecule has 3 rings (SSSR count). The van der Waals surface area contributed by atoms with Gasteiger partial charge in [-0.05, 0) is 32.0 Å². The Kier molecular flexibility index (Phi) is 5.78. The second-order valence-corrected chi connectivity index (χ2v) is 6.33. The Balaban J connectivity index is 1.49. The number of nitrogens with one attached hydrogen (secondary N) is 2. The summed E-state index contributed by atoms with van der Waals surface area (Å²) < 4.78 is 2.23. The van der Waals surface area contributed by atoms with Crippen molar-refractivity contribution in [1.29, 1.82) is 0 Å². The maximum atomic E-state index is 12.0. The second kappa shape index (κ2) is 8.42. The van der Waals surface area contributed by atoms with Crippen LogP contribution in [0, 0.1) is 0 Å². The van der Waals surface area contributed by atoms with Crippen molar-refractivity contribution in [3.05, 3.63) is 48.5 Å². The SMILES string of the molecule is CC(C)n1c(CCNC(=O)CCNc2ncccn2)nc2ccccc21. The summed E-state index contributed by atoms with van der Waals surface area (Å²) in [4.78, 5) is 24.8. The molecule has 0 spiro atoms. The van der Waals surface area contributed by atoms with Gasteiger partial charge >= 0.3 is 0 Å². The highest BCUT2D eigenvalue weighted by atomic mass is 16.1. The third-order valence-electron chi connectivity index (χ3n) is 4.06. The van der Waals surface area contributed by atoms with E-state index < -0.39 is 0 Å². The summed E-state index contributed by atoms with van der Waals surface area (Å²) in [5, 5.41) is 5.98. The fraction of sp³-hybridized carbons (Fsp3) is 0.368. The molecule has 0 saturated carbocycles. The van der Waals surface area contributed by atoms with Gasteiger partial charge in [-0.1, -0.05) is 12.1 Å². The molecule has 0 fully saturated rings. The van der Waals surface area contributed by atoms with E-state index in [1.165, 1.54) is 0 Å². The van der Waals surface area contributed by atoms with Crippen LogP contribution in [0.15, 0.2) is 42.7 Å². The van der Waals surface area contributed by atoms with Crippen molar-refractivity contribution in [3.63, 3.8) is 0 Å². The molecular weight excluding hydrogens is 328 g/mol. The van der Waals surface area contributed by atoms with Gasteiger partial charge in [0.05, 0.1) is 11.0 Å². The number of fused-ring (bicyclic) bond motifs is 1. The first kappa shape index (κ1) is 17.8. The Labute approximate surface area is 152 Å². The Morgan fingerprint density at radius 3 is 2.65 bits per heavy atom. The molecule has 1 aromatic carbocycles. The van der Waals surface area contributed by atoms with E-state index in [9.17, 15) is 4.79 Å². The average Bonchev–Trinajstić information content (AvgIpc) is 3.01. The standard InChI is InChI=1S/C19H24N6O/c1-14(2)25-16-7-4-3-6-15(16)24-17(25)8-12-20-18(26)9-13-23-19-21-10-5-11-22-19/h3-7,10-11,14H,8-9,12-13H2,1-2H3,(H,20,26)(H,21,22,23). The molecule has 2 N–H and O–H groups in total. The number of para-hydroxylation sites is 2. The first-order chi connectivity index (χ1) is 12.6. The van der Waals surface area contributed by atoms with Crippen LogP contribution in [0.4, 0.5) is 5.95 Å². The Bertz CT molecular complexity index is 859. The molecule has 2 aromatic heterocycles. The largest absolute Gasteiger partial charge is 0.356 e. The molecule has 0 saturated heterocycles. The third-order valence-corrected chi connectivity index (χ3v) is 4.06. The maximum absolute atomic E-state index is 12.0. The lowest BCUT2D eigenvalue weighted by molar-refractivity contribution is -0.120. The Morgan fingerprint density at radius 1 is 1.12 bits per heavy atom. The first-order valence-corrected chi connectivity index (χ1v) is 8.88. The Morgan fingerprint density at radius 2 is 1.88 bits per heavy atom. The molecule has 26 heavy (non-hydrogen) atoms. The molecular formula is C19H24N6O. The number of aromatic nitrogens is 4. The molecule has 0 aliphatic heterocycles. The number of carbonyl (C=O) groups excluding carboxylic acids is 1. The quantitative estimate of drug-likeness (QED) is 0.651. The summed E-state index contributed by atoms with van der Waals surface area (Å²) in [5.74, 6) is 1.53. The molecule has 0 bridgehead atoms. The van der Waals surface area contributed by atoms with Crippen LogP contribution >= 0.6 is 0 Å². The number of rotatable bonds is 8. The van der Waals surface area contributed by atoms with Gasteiger partial charge in [0.25, 0.3) is 0 Å². The minimum absolute atomic E-state index is 0.000592. The van der Waals surface area contributed by atoms with E-state index in [4.69, 9.17) is 4.98 Å². The fourth-order valence-electron chi connectivity index (χ4n) is 2.93. The summed E-state index contributed by atoms with van der Waals surface area (Å²) in [6.45, 7) is 5.36. The Hall–Kier alpha value is -2.96. The minimum atomic E-state index is 0.000592. The van der Waals surface area contributed by atoms with Gasteiger partial charge in [0, 0.05) is 44.4 Å². The van der Waals surface area contributed by atoms with Gasteiger partial charge in [0.1, 0.15) is 5.82 Å². The zero-order chi connectivity index (χ0) is 18.4. The van der Waals surface area contributed by atoms with Crippen LogP contribution in [0.1, 0.15) is 32.1 Å². The van der Waals surface area contributed by atoms with Gasteiger partial charge in [-0.3, -0.25) is 4.79 Å². The molecule has 1 amide bonds. The number of nitrogens with zero attached hydrogens (tertiary/aromatic N) is 4. The molecule has 7 heteroatoms. The fourth-order valence-corrected chi connectivity index (χ4v) is 2.93. The van der Waals surface area contributed by atoms with Crippen LogP contribution in [0.2, 0.25) is 0 Å². The predicted octanol–water partition coefficient (Wildman–Crippen LogP) is 2.57. The lowest BCUT2D eigenvalue weighted by Gasteiger charge is -2.13. The number of anilines is 1. The average molecular weight is 352 g/mol. The zero-order valence-corrected chi connectivity index (χ0v) is 15.1. The molecule has 0 aliphatic rings. The van der Waals surface area contributed by atoms with Crippen LogP contribution in [-0.4, -0.2) is 38.5 Å². The summed E-state index contributed by atoms with van der Waals surface area (Å²) in [6, 6.07) is 10.2. The van der Waals surface area contributed by atoms with Gasteiger partial charge in [0.2, 0.25) is 11.9 Å². The topological polar surface area (TPSA) is 84.7 Å². The van der Waals surface area contributed by atoms with E-state index >= 15 is 0 Å². The normalized spacial score (nSPS) is 11.0. The van der Waals surface area contributed by atoms with Crippen molar-refractivity contribution in [3.8, 4) is 0 Å². The highest BCUT2D eigenvalue weighted by Gasteiger charge is 2.12. The number of hydrogen-bond acceptors (Lipinski definition) is 5. The van der Waals surface area contributed by atoms with E-state index in [1.54, 1.807) is 18.5 Å². The van der Waals surface area contributed by atoms with Crippen molar-refractivity contribution in [2.75, 3.05) is 18.4 Å².